The number of aliphatic hydroxyl groups excluding tert-OH is 1. The molecule has 4 rings (SSSR count). The molecule has 0 aromatic heterocycles. The highest BCUT2D eigenvalue weighted by molar-refractivity contribution is 5.22. The van der Waals surface area contributed by atoms with Crippen molar-refractivity contribution in [3.05, 3.63) is 12.2 Å². The lowest BCUT2D eigenvalue weighted by Gasteiger charge is -2.43. The molecule has 2 N–H and O–H groups in total. The Morgan fingerprint density at radius 1 is 1.21 bits per heavy atom. The number of hydrogen-bond donors (Lipinski definition) is 2. The summed E-state index contributed by atoms with van der Waals surface area (Å²) in [5, 5.41) is 22.0. The Hall–Kier alpha value is -0.420. The molecule has 4 fully saturated rings. The fourth-order valence-electron chi connectivity index (χ4n) is 6.25. The lowest BCUT2D eigenvalue weighted by molar-refractivity contribution is -0.244. The number of ether oxygens (including phenoxy) is 2. The van der Waals surface area contributed by atoms with E-state index in [1.165, 1.54) is 0 Å². The van der Waals surface area contributed by atoms with Gasteiger partial charge in [0.05, 0.1) is 23.4 Å². The van der Waals surface area contributed by atoms with E-state index < -0.39 is 23.1 Å². The molecule has 3 heterocycles. The van der Waals surface area contributed by atoms with Crippen molar-refractivity contribution < 1.29 is 19.7 Å². The average Bonchev–Trinajstić information content (AvgIpc) is 2.80. The summed E-state index contributed by atoms with van der Waals surface area (Å²) in [6.45, 7) is 12.7. The Bertz CT molecular complexity index is 556. The van der Waals surface area contributed by atoms with Gasteiger partial charge in [0.25, 0.3) is 0 Å². The minimum atomic E-state index is -0.925. The van der Waals surface area contributed by atoms with Crippen LogP contribution in [0, 0.1) is 23.7 Å². The van der Waals surface area contributed by atoms with Gasteiger partial charge < -0.3 is 19.7 Å². The molecule has 4 nitrogen and oxygen atoms in total. The van der Waals surface area contributed by atoms with Crippen LogP contribution in [-0.2, 0) is 9.47 Å². The van der Waals surface area contributed by atoms with Crippen LogP contribution in [0.4, 0.5) is 0 Å². The standard InChI is InChI=1S/C20H32O4/c1-11(2)13-7-6-12(3)20-9-8-19(5,24-20)15-14(21)10-18(4,22)16(15)17(13)23-20/h11,13-17,21-22H,3,6-10H2,1-2,4-5H3. The minimum Gasteiger partial charge on any atom is -0.393 e. The zero-order chi connectivity index (χ0) is 17.5. The Morgan fingerprint density at radius 3 is 2.58 bits per heavy atom. The molecule has 0 aromatic rings. The Balaban J connectivity index is 1.88. The van der Waals surface area contributed by atoms with Crippen molar-refractivity contribution in [2.24, 2.45) is 23.7 Å². The molecule has 1 saturated carbocycles. The van der Waals surface area contributed by atoms with E-state index in [1.807, 2.05) is 6.92 Å². The molecule has 136 valence electrons. The molecule has 0 aromatic carbocycles. The summed E-state index contributed by atoms with van der Waals surface area (Å²) in [4.78, 5) is 0. The first-order chi connectivity index (χ1) is 11.1. The van der Waals surface area contributed by atoms with E-state index in [1.54, 1.807) is 0 Å². The molecular weight excluding hydrogens is 304 g/mol. The average molecular weight is 336 g/mol. The lowest BCUT2D eigenvalue weighted by Crippen LogP contribution is -2.51. The largest absolute Gasteiger partial charge is 0.393 e. The van der Waals surface area contributed by atoms with E-state index in [0.717, 1.165) is 31.3 Å². The molecule has 0 amide bonds. The zero-order valence-corrected chi connectivity index (χ0v) is 15.4. The van der Waals surface area contributed by atoms with Gasteiger partial charge in [0.2, 0.25) is 0 Å². The van der Waals surface area contributed by atoms with Gasteiger partial charge >= 0.3 is 0 Å². The van der Waals surface area contributed by atoms with E-state index in [9.17, 15) is 10.2 Å². The number of hydrogen-bond acceptors (Lipinski definition) is 4. The lowest BCUT2D eigenvalue weighted by atomic mass is 9.68. The van der Waals surface area contributed by atoms with Crippen LogP contribution in [0.5, 0.6) is 0 Å². The normalized spacial score (nSPS) is 57.0. The van der Waals surface area contributed by atoms with Crippen LogP contribution in [0.25, 0.3) is 0 Å². The third-order valence-corrected chi connectivity index (χ3v) is 7.47. The first-order valence-electron chi connectivity index (χ1n) is 9.56. The molecule has 4 heteroatoms. The molecule has 8 unspecified atom stereocenters. The predicted molar refractivity (Wildman–Crippen MR) is 91.3 cm³/mol. The highest BCUT2D eigenvalue weighted by Gasteiger charge is 2.68. The van der Waals surface area contributed by atoms with Crippen molar-refractivity contribution in [2.45, 2.75) is 89.0 Å². The molecule has 4 aliphatic rings. The van der Waals surface area contributed by atoms with Crippen LogP contribution in [0.1, 0.15) is 59.8 Å². The van der Waals surface area contributed by atoms with Crippen molar-refractivity contribution in [1.82, 2.24) is 0 Å². The molecule has 0 radical (unpaired) electrons. The molecular formula is C20H32O4. The van der Waals surface area contributed by atoms with Crippen LogP contribution >= 0.6 is 0 Å². The van der Waals surface area contributed by atoms with E-state index in [0.29, 0.717) is 18.3 Å². The molecule has 24 heavy (non-hydrogen) atoms. The molecule has 1 spiro atoms. The summed E-state index contributed by atoms with van der Waals surface area (Å²) in [7, 11) is 0. The predicted octanol–water partition coefficient (Wildman–Crippen LogP) is 3.02. The quantitative estimate of drug-likeness (QED) is 0.723. The van der Waals surface area contributed by atoms with Gasteiger partial charge in [-0.3, -0.25) is 0 Å². The molecule has 3 aliphatic heterocycles. The second kappa shape index (κ2) is 5.06. The third kappa shape index (κ3) is 2.13. The summed E-state index contributed by atoms with van der Waals surface area (Å²) >= 11 is 0. The van der Waals surface area contributed by atoms with Crippen LogP contribution in [0.2, 0.25) is 0 Å². The summed E-state index contributed by atoms with van der Waals surface area (Å²) in [6, 6.07) is 0. The van der Waals surface area contributed by atoms with Gasteiger partial charge in [-0.25, -0.2) is 0 Å². The number of fused-ring (bicyclic) bond motifs is 5. The van der Waals surface area contributed by atoms with Crippen molar-refractivity contribution in [1.29, 1.82) is 0 Å². The summed E-state index contributed by atoms with van der Waals surface area (Å²) in [5.41, 5.74) is -0.347. The van der Waals surface area contributed by atoms with E-state index in [-0.39, 0.29) is 17.9 Å². The van der Waals surface area contributed by atoms with Gasteiger partial charge in [-0.05, 0) is 50.5 Å². The van der Waals surface area contributed by atoms with Crippen LogP contribution in [0.3, 0.4) is 0 Å². The van der Waals surface area contributed by atoms with Gasteiger partial charge in [0.1, 0.15) is 0 Å². The topological polar surface area (TPSA) is 58.9 Å². The highest BCUT2D eigenvalue weighted by atomic mass is 16.7. The van der Waals surface area contributed by atoms with Gasteiger partial charge in [0.15, 0.2) is 5.79 Å². The Kier molecular flexibility index (Phi) is 3.59. The van der Waals surface area contributed by atoms with Crippen molar-refractivity contribution in [2.75, 3.05) is 0 Å². The Morgan fingerprint density at radius 2 is 1.92 bits per heavy atom. The summed E-state index contributed by atoms with van der Waals surface area (Å²) in [6.07, 6.45) is 3.34. The number of rotatable bonds is 1. The monoisotopic (exact) mass is 336 g/mol. The fourth-order valence-corrected chi connectivity index (χ4v) is 6.25. The van der Waals surface area contributed by atoms with Gasteiger partial charge in [-0.1, -0.05) is 20.4 Å². The minimum absolute atomic E-state index is 0.0889. The number of aliphatic hydroxyl groups is 2. The maximum Gasteiger partial charge on any atom is 0.191 e. The fraction of sp³-hybridized carbons (Fsp3) is 0.900. The smallest absolute Gasteiger partial charge is 0.191 e. The molecule has 3 bridgehead atoms. The second-order valence-corrected chi connectivity index (χ2v) is 9.48. The van der Waals surface area contributed by atoms with Crippen molar-refractivity contribution >= 4 is 0 Å². The van der Waals surface area contributed by atoms with Crippen molar-refractivity contribution in [3.63, 3.8) is 0 Å². The van der Waals surface area contributed by atoms with Crippen molar-refractivity contribution in [3.8, 4) is 0 Å². The maximum atomic E-state index is 11.2. The maximum absolute atomic E-state index is 11.2. The van der Waals surface area contributed by atoms with Crippen LogP contribution in [-0.4, -0.2) is 39.4 Å². The van der Waals surface area contributed by atoms with Gasteiger partial charge in [-0.2, -0.15) is 0 Å². The van der Waals surface area contributed by atoms with Gasteiger partial charge in [0, 0.05) is 24.7 Å². The first-order valence-corrected chi connectivity index (χ1v) is 9.56. The summed E-state index contributed by atoms with van der Waals surface area (Å²) < 4.78 is 13.3. The van der Waals surface area contributed by atoms with Crippen LogP contribution < -0.4 is 0 Å². The third-order valence-electron chi connectivity index (χ3n) is 7.47. The molecule has 3 saturated heterocycles. The van der Waals surface area contributed by atoms with Gasteiger partial charge in [-0.15, -0.1) is 0 Å². The zero-order valence-electron chi connectivity index (χ0n) is 15.4. The van der Waals surface area contributed by atoms with E-state index >= 15 is 0 Å². The second-order valence-electron chi connectivity index (χ2n) is 9.48. The molecule has 1 aliphatic carbocycles. The van der Waals surface area contributed by atoms with Crippen LogP contribution in [0.15, 0.2) is 12.2 Å². The SMILES string of the molecule is C=C1CCC(C(C)C)C2OC13CCC(C)(O3)C1C(O)CC(C)(O)C21. The van der Waals surface area contributed by atoms with E-state index in [4.69, 9.17) is 9.47 Å². The Labute approximate surface area is 145 Å². The highest BCUT2D eigenvalue weighted by Crippen LogP contribution is 2.62. The first kappa shape index (κ1) is 17.0. The summed E-state index contributed by atoms with van der Waals surface area (Å²) in [5.74, 6) is -0.107. The molecule has 8 atom stereocenters. The van der Waals surface area contributed by atoms with E-state index in [2.05, 4.69) is 27.4 Å².